The Morgan fingerprint density at radius 3 is 3.18 bits per heavy atom. The van der Waals surface area contributed by atoms with Crippen LogP contribution in [0, 0.1) is 0 Å². The van der Waals surface area contributed by atoms with E-state index in [9.17, 15) is 0 Å². The molecule has 2 N–H and O–H groups in total. The van der Waals surface area contributed by atoms with Gasteiger partial charge in [-0.1, -0.05) is 23.2 Å². The van der Waals surface area contributed by atoms with Crippen LogP contribution in [0.25, 0.3) is 0 Å². The van der Waals surface area contributed by atoms with Gasteiger partial charge in [-0.05, 0) is 0 Å². The Hall–Kier alpha value is -0.740. The SMILES string of the molecule is ClC1=NC(Cl)Nc2nc[nH]c21. The molecule has 0 bridgehead atoms. The number of nitrogens with zero attached hydrogens (tertiary/aromatic N) is 2. The summed E-state index contributed by atoms with van der Waals surface area (Å²) in [7, 11) is 0. The van der Waals surface area contributed by atoms with Crippen molar-refractivity contribution in [1.82, 2.24) is 9.97 Å². The van der Waals surface area contributed by atoms with Gasteiger partial charge in [-0.3, -0.25) is 0 Å². The first-order valence-electron chi connectivity index (χ1n) is 2.95. The average molecular weight is 191 g/mol. The highest BCUT2D eigenvalue weighted by molar-refractivity contribution is 6.70. The van der Waals surface area contributed by atoms with Gasteiger partial charge >= 0.3 is 0 Å². The number of aliphatic imine (C=N–C) groups is 1. The Bertz CT molecular complexity index is 305. The van der Waals surface area contributed by atoms with Crippen molar-refractivity contribution in [3.8, 4) is 0 Å². The van der Waals surface area contributed by atoms with Crippen molar-refractivity contribution in [2.75, 3.05) is 5.32 Å². The molecular formula is C5H4Cl2N4. The quantitative estimate of drug-likeness (QED) is 0.480. The second kappa shape index (κ2) is 2.39. The summed E-state index contributed by atoms with van der Waals surface area (Å²) in [4.78, 5) is 10.6. The molecule has 1 aliphatic rings. The lowest BCUT2D eigenvalue weighted by Crippen LogP contribution is -2.18. The van der Waals surface area contributed by atoms with Gasteiger partial charge in [0.2, 0.25) is 0 Å². The number of alkyl halides is 1. The van der Waals surface area contributed by atoms with E-state index in [2.05, 4.69) is 20.3 Å². The van der Waals surface area contributed by atoms with E-state index in [4.69, 9.17) is 23.2 Å². The smallest absolute Gasteiger partial charge is 0.198 e. The molecule has 0 amide bonds. The van der Waals surface area contributed by atoms with Crippen molar-refractivity contribution in [3.05, 3.63) is 12.0 Å². The highest BCUT2D eigenvalue weighted by Gasteiger charge is 2.18. The van der Waals surface area contributed by atoms with Gasteiger partial charge in [0.05, 0.1) is 6.33 Å². The summed E-state index contributed by atoms with van der Waals surface area (Å²) in [5, 5.41) is 3.18. The highest BCUT2D eigenvalue weighted by atomic mass is 35.5. The van der Waals surface area contributed by atoms with E-state index < -0.39 is 5.62 Å². The molecule has 0 saturated carbocycles. The lowest BCUT2D eigenvalue weighted by molar-refractivity contribution is 1.02. The molecule has 0 aliphatic carbocycles. The fourth-order valence-electron chi connectivity index (χ4n) is 0.870. The van der Waals surface area contributed by atoms with Crippen LogP contribution in [0.2, 0.25) is 0 Å². The third kappa shape index (κ3) is 1.08. The van der Waals surface area contributed by atoms with Gasteiger partial charge in [0.1, 0.15) is 5.69 Å². The van der Waals surface area contributed by atoms with E-state index >= 15 is 0 Å². The maximum atomic E-state index is 5.74. The van der Waals surface area contributed by atoms with Gasteiger partial charge in [0.25, 0.3) is 0 Å². The van der Waals surface area contributed by atoms with E-state index in [0.717, 1.165) is 0 Å². The highest BCUT2D eigenvalue weighted by Crippen LogP contribution is 2.21. The van der Waals surface area contributed by atoms with Gasteiger partial charge in [-0.2, -0.15) is 0 Å². The largest absolute Gasteiger partial charge is 0.341 e. The Labute approximate surface area is 72.6 Å². The number of fused-ring (bicyclic) bond motifs is 1. The third-order valence-electron chi connectivity index (χ3n) is 1.33. The molecule has 0 fully saturated rings. The Morgan fingerprint density at radius 2 is 2.36 bits per heavy atom. The molecule has 2 rings (SSSR count). The minimum absolute atomic E-state index is 0.358. The maximum absolute atomic E-state index is 5.74. The topological polar surface area (TPSA) is 53.1 Å². The predicted molar refractivity (Wildman–Crippen MR) is 44.2 cm³/mol. The number of aromatic nitrogens is 2. The molecule has 58 valence electrons. The fraction of sp³-hybridized carbons (Fsp3) is 0.200. The number of anilines is 1. The zero-order chi connectivity index (χ0) is 7.84. The number of rotatable bonds is 0. The molecule has 2 heterocycles. The molecule has 1 atom stereocenters. The molecular weight excluding hydrogens is 187 g/mol. The lowest BCUT2D eigenvalue weighted by Gasteiger charge is -2.13. The number of nitrogens with one attached hydrogen (secondary N) is 2. The first kappa shape index (κ1) is 6.94. The number of imidazole rings is 1. The van der Waals surface area contributed by atoms with Crippen LogP contribution in [-0.2, 0) is 0 Å². The van der Waals surface area contributed by atoms with E-state index in [1.165, 1.54) is 6.33 Å². The van der Waals surface area contributed by atoms with E-state index in [0.29, 0.717) is 16.7 Å². The monoisotopic (exact) mass is 190 g/mol. The summed E-state index contributed by atoms with van der Waals surface area (Å²) in [5.74, 6) is 0.644. The van der Waals surface area contributed by atoms with Crippen molar-refractivity contribution in [3.63, 3.8) is 0 Å². The van der Waals surface area contributed by atoms with Crippen molar-refractivity contribution >= 4 is 34.2 Å². The molecule has 0 saturated heterocycles. The second-order valence-corrected chi connectivity index (χ2v) is 2.80. The first-order valence-corrected chi connectivity index (χ1v) is 3.76. The Kier molecular flexibility index (Phi) is 1.51. The molecule has 0 radical (unpaired) electrons. The number of hydrogen-bond donors (Lipinski definition) is 2. The summed E-state index contributed by atoms with van der Waals surface area (Å²) in [6.07, 6.45) is 1.53. The van der Waals surface area contributed by atoms with Crippen molar-refractivity contribution in [2.24, 2.45) is 4.99 Å². The number of aromatic amines is 1. The maximum Gasteiger partial charge on any atom is 0.198 e. The standard InChI is InChI=1S/C5H4Cl2N4/c6-3-2-4(9-1-8-2)11-5(7)10-3/h1,5,11H,(H,8,9). The van der Waals surface area contributed by atoms with Gasteiger partial charge < -0.3 is 10.3 Å². The molecule has 1 aromatic heterocycles. The first-order chi connectivity index (χ1) is 5.27. The molecule has 1 aromatic rings. The molecule has 6 heteroatoms. The number of H-pyrrole nitrogens is 1. The van der Waals surface area contributed by atoms with Crippen molar-refractivity contribution in [2.45, 2.75) is 5.62 Å². The zero-order valence-electron chi connectivity index (χ0n) is 5.31. The summed E-state index contributed by atoms with van der Waals surface area (Å²) in [6.45, 7) is 0. The van der Waals surface area contributed by atoms with E-state index in [-0.39, 0.29) is 0 Å². The number of halogens is 2. The van der Waals surface area contributed by atoms with E-state index in [1.54, 1.807) is 0 Å². The van der Waals surface area contributed by atoms with Crippen LogP contribution in [-0.4, -0.2) is 20.8 Å². The minimum Gasteiger partial charge on any atom is -0.341 e. The third-order valence-corrected chi connectivity index (χ3v) is 1.82. The van der Waals surface area contributed by atoms with Gasteiger partial charge in [-0.15, -0.1) is 0 Å². The van der Waals surface area contributed by atoms with Crippen LogP contribution in [0.15, 0.2) is 11.3 Å². The molecule has 0 aromatic carbocycles. The normalized spacial score (nSPS) is 22.0. The molecule has 11 heavy (non-hydrogen) atoms. The van der Waals surface area contributed by atoms with Crippen LogP contribution in [0.4, 0.5) is 5.82 Å². The van der Waals surface area contributed by atoms with Crippen LogP contribution in [0.3, 0.4) is 0 Å². The molecule has 1 aliphatic heterocycles. The van der Waals surface area contributed by atoms with Crippen LogP contribution in [0.5, 0.6) is 0 Å². The summed E-state index contributed by atoms with van der Waals surface area (Å²) in [6, 6.07) is 0. The van der Waals surface area contributed by atoms with Gasteiger partial charge in [0, 0.05) is 0 Å². The lowest BCUT2D eigenvalue weighted by atomic mass is 10.4. The van der Waals surface area contributed by atoms with E-state index in [1.807, 2.05) is 0 Å². The van der Waals surface area contributed by atoms with Gasteiger partial charge in [0.15, 0.2) is 16.6 Å². The van der Waals surface area contributed by atoms with Crippen LogP contribution in [0.1, 0.15) is 5.69 Å². The van der Waals surface area contributed by atoms with Crippen molar-refractivity contribution < 1.29 is 0 Å². The zero-order valence-corrected chi connectivity index (χ0v) is 6.82. The molecule has 1 unspecified atom stereocenters. The molecule has 4 nitrogen and oxygen atoms in total. The summed E-state index contributed by atoms with van der Waals surface area (Å²) >= 11 is 11.4. The number of hydrogen-bond acceptors (Lipinski definition) is 3. The predicted octanol–water partition coefficient (Wildman–Crippen LogP) is 1.34. The fourth-order valence-corrected chi connectivity index (χ4v) is 1.36. The van der Waals surface area contributed by atoms with Gasteiger partial charge in [-0.25, -0.2) is 9.98 Å². The Balaban J connectivity index is 2.50. The average Bonchev–Trinajstić information content (AvgIpc) is 2.34. The summed E-state index contributed by atoms with van der Waals surface area (Å²) in [5.41, 5.74) is 0.168. The van der Waals surface area contributed by atoms with Crippen LogP contribution < -0.4 is 5.32 Å². The molecule has 0 spiro atoms. The van der Waals surface area contributed by atoms with Crippen LogP contribution >= 0.6 is 23.2 Å². The second-order valence-electron chi connectivity index (χ2n) is 2.03. The minimum atomic E-state index is -0.515. The Morgan fingerprint density at radius 1 is 1.55 bits per heavy atom. The van der Waals surface area contributed by atoms with Crippen molar-refractivity contribution in [1.29, 1.82) is 0 Å². The summed E-state index contributed by atoms with van der Waals surface area (Å²) < 4.78 is 0.